The number of hydrogen-bond acceptors (Lipinski definition) is 5. The van der Waals surface area contributed by atoms with Gasteiger partial charge >= 0.3 is 0 Å². The molecule has 1 fully saturated rings. The quantitative estimate of drug-likeness (QED) is 0.751. The molecule has 0 aromatic heterocycles. The Labute approximate surface area is 182 Å². The van der Waals surface area contributed by atoms with Gasteiger partial charge < -0.3 is 19.9 Å². The standard InChI is InChI=1S/C24H27N3O4/c1-17(28)18-9-3-4-10-19(18)25-23(29)16-27-15-22(24(30)26-13-7-2-8-14-26)31-21-12-6-5-11-20(21)27/h3-6,9-12,22H,2,7-8,13-16H2,1H3,(H,25,29). The molecule has 2 amide bonds. The first-order chi connectivity index (χ1) is 15.0. The number of amides is 2. The Bertz CT molecular complexity index is 984. The normalized spacial score (nSPS) is 18.0. The van der Waals surface area contributed by atoms with E-state index in [2.05, 4.69) is 5.32 Å². The van der Waals surface area contributed by atoms with E-state index >= 15 is 0 Å². The fourth-order valence-corrected chi connectivity index (χ4v) is 4.17. The Kier molecular flexibility index (Phi) is 6.21. The molecule has 2 heterocycles. The highest BCUT2D eigenvalue weighted by Gasteiger charge is 2.34. The average Bonchev–Trinajstić information content (AvgIpc) is 2.79. The van der Waals surface area contributed by atoms with Gasteiger partial charge in [-0.1, -0.05) is 24.3 Å². The van der Waals surface area contributed by atoms with Crippen molar-refractivity contribution in [1.82, 2.24) is 4.90 Å². The van der Waals surface area contributed by atoms with Crippen molar-refractivity contribution in [3.8, 4) is 5.75 Å². The summed E-state index contributed by atoms with van der Waals surface area (Å²) in [6, 6.07) is 14.4. The van der Waals surface area contributed by atoms with E-state index in [0.717, 1.165) is 38.0 Å². The zero-order chi connectivity index (χ0) is 21.8. The van der Waals surface area contributed by atoms with Crippen molar-refractivity contribution < 1.29 is 19.1 Å². The second kappa shape index (κ2) is 9.20. The number of hydrogen-bond donors (Lipinski definition) is 1. The fraction of sp³-hybridized carbons (Fsp3) is 0.375. The Morgan fingerprint density at radius 3 is 2.48 bits per heavy atom. The van der Waals surface area contributed by atoms with Gasteiger partial charge in [-0.25, -0.2) is 0 Å². The third-order valence-corrected chi connectivity index (χ3v) is 5.72. The molecule has 0 radical (unpaired) electrons. The van der Waals surface area contributed by atoms with Crippen LogP contribution in [-0.2, 0) is 9.59 Å². The summed E-state index contributed by atoms with van der Waals surface area (Å²) in [6.45, 7) is 3.33. The second-order valence-corrected chi connectivity index (χ2v) is 7.99. The molecule has 7 nitrogen and oxygen atoms in total. The molecular formula is C24H27N3O4. The molecule has 1 N–H and O–H groups in total. The predicted molar refractivity (Wildman–Crippen MR) is 119 cm³/mol. The molecule has 2 aliphatic rings. The van der Waals surface area contributed by atoms with Crippen molar-refractivity contribution in [2.45, 2.75) is 32.3 Å². The third-order valence-electron chi connectivity index (χ3n) is 5.72. The topological polar surface area (TPSA) is 79.0 Å². The lowest BCUT2D eigenvalue weighted by molar-refractivity contribution is -0.139. The van der Waals surface area contributed by atoms with Gasteiger partial charge in [0.05, 0.1) is 24.5 Å². The fourth-order valence-electron chi connectivity index (χ4n) is 4.17. The van der Waals surface area contributed by atoms with Crippen LogP contribution in [0.5, 0.6) is 5.75 Å². The molecule has 1 saturated heterocycles. The number of anilines is 2. The molecule has 2 aliphatic heterocycles. The first-order valence-electron chi connectivity index (χ1n) is 10.7. The lowest BCUT2D eigenvalue weighted by Gasteiger charge is -2.38. The van der Waals surface area contributed by atoms with Gasteiger partial charge in [-0.05, 0) is 50.5 Å². The van der Waals surface area contributed by atoms with E-state index in [1.54, 1.807) is 24.3 Å². The van der Waals surface area contributed by atoms with Crippen molar-refractivity contribution in [2.24, 2.45) is 0 Å². The van der Waals surface area contributed by atoms with E-state index in [1.807, 2.05) is 34.1 Å². The van der Waals surface area contributed by atoms with E-state index in [4.69, 9.17) is 4.74 Å². The monoisotopic (exact) mass is 421 g/mol. The van der Waals surface area contributed by atoms with Crippen LogP contribution in [0.15, 0.2) is 48.5 Å². The van der Waals surface area contributed by atoms with Gasteiger partial charge in [0.15, 0.2) is 11.9 Å². The second-order valence-electron chi connectivity index (χ2n) is 7.99. The Morgan fingerprint density at radius 2 is 1.71 bits per heavy atom. The van der Waals surface area contributed by atoms with E-state index < -0.39 is 6.10 Å². The van der Waals surface area contributed by atoms with Crippen LogP contribution in [0.1, 0.15) is 36.5 Å². The molecule has 1 unspecified atom stereocenters. The number of carbonyl (C=O) groups is 3. The molecule has 0 spiro atoms. The van der Waals surface area contributed by atoms with Crippen LogP contribution >= 0.6 is 0 Å². The van der Waals surface area contributed by atoms with E-state index in [9.17, 15) is 14.4 Å². The molecule has 1 atom stereocenters. The van der Waals surface area contributed by atoms with E-state index in [1.165, 1.54) is 6.92 Å². The Morgan fingerprint density at radius 1 is 1.00 bits per heavy atom. The molecule has 0 saturated carbocycles. The summed E-state index contributed by atoms with van der Waals surface area (Å²) in [5.41, 5.74) is 1.74. The highest BCUT2D eigenvalue weighted by Crippen LogP contribution is 2.33. The third kappa shape index (κ3) is 4.71. The number of nitrogens with one attached hydrogen (secondary N) is 1. The molecule has 0 aliphatic carbocycles. The van der Waals surface area contributed by atoms with Crippen molar-refractivity contribution >= 4 is 29.0 Å². The zero-order valence-corrected chi connectivity index (χ0v) is 17.7. The van der Waals surface area contributed by atoms with Gasteiger partial charge in [-0.3, -0.25) is 14.4 Å². The van der Waals surface area contributed by atoms with Crippen LogP contribution in [0.3, 0.4) is 0 Å². The van der Waals surface area contributed by atoms with Gasteiger partial charge in [0, 0.05) is 18.7 Å². The molecular weight excluding hydrogens is 394 g/mol. The molecule has 31 heavy (non-hydrogen) atoms. The maximum absolute atomic E-state index is 13.0. The van der Waals surface area contributed by atoms with Crippen molar-refractivity contribution in [1.29, 1.82) is 0 Å². The van der Waals surface area contributed by atoms with Crippen LogP contribution in [0, 0.1) is 0 Å². The number of carbonyl (C=O) groups excluding carboxylic acids is 3. The summed E-state index contributed by atoms with van der Waals surface area (Å²) < 4.78 is 6.02. The molecule has 2 aromatic carbocycles. The minimum absolute atomic E-state index is 0.0264. The average molecular weight is 421 g/mol. The predicted octanol–water partition coefficient (Wildman–Crippen LogP) is 3.11. The van der Waals surface area contributed by atoms with Crippen molar-refractivity contribution in [2.75, 3.05) is 36.4 Å². The number of piperidine rings is 1. The van der Waals surface area contributed by atoms with Crippen molar-refractivity contribution in [3.05, 3.63) is 54.1 Å². The smallest absolute Gasteiger partial charge is 0.265 e. The summed E-state index contributed by atoms with van der Waals surface area (Å²) in [7, 11) is 0. The summed E-state index contributed by atoms with van der Waals surface area (Å²) >= 11 is 0. The van der Waals surface area contributed by atoms with Gasteiger partial charge in [-0.2, -0.15) is 0 Å². The van der Waals surface area contributed by atoms with Gasteiger partial charge in [0.1, 0.15) is 5.75 Å². The summed E-state index contributed by atoms with van der Waals surface area (Å²) in [5, 5.41) is 2.84. The maximum Gasteiger partial charge on any atom is 0.265 e. The number of Topliss-reactive ketones (excluding diaryl/α,β-unsaturated/α-hetero) is 1. The zero-order valence-electron chi connectivity index (χ0n) is 17.7. The largest absolute Gasteiger partial charge is 0.477 e. The number of rotatable bonds is 5. The first kappa shape index (κ1) is 20.9. The summed E-state index contributed by atoms with van der Waals surface area (Å²) in [5.74, 6) is 0.206. The molecule has 2 aromatic rings. The Balaban J connectivity index is 1.50. The van der Waals surface area contributed by atoms with Gasteiger partial charge in [-0.15, -0.1) is 0 Å². The number of fused-ring (bicyclic) bond motifs is 1. The van der Waals surface area contributed by atoms with Crippen LogP contribution in [0.2, 0.25) is 0 Å². The number of nitrogens with zero attached hydrogens (tertiary/aromatic N) is 2. The minimum Gasteiger partial charge on any atom is -0.477 e. The summed E-state index contributed by atoms with van der Waals surface area (Å²) in [6.07, 6.45) is 2.52. The number of para-hydroxylation sites is 3. The SMILES string of the molecule is CC(=O)c1ccccc1NC(=O)CN1CC(C(=O)N2CCCCC2)Oc2ccccc21. The highest BCUT2D eigenvalue weighted by molar-refractivity contribution is 6.04. The number of ketones is 1. The molecule has 162 valence electrons. The number of ether oxygens (including phenoxy) is 1. The molecule has 0 bridgehead atoms. The van der Waals surface area contributed by atoms with Crippen LogP contribution in [0.25, 0.3) is 0 Å². The molecule has 7 heteroatoms. The number of benzene rings is 2. The molecule has 4 rings (SSSR count). The van der Waals surface area contributed by atoms with Gasteiger partial charge in [0.2, 0.25) is 5.91 Å². The Hall–Kier alpha value is -3.35. The summed E-state index contributed by atoms with van der Waals surface area (Å²) in [4.78, 5) is 41.5. The van der Waals surface area contributed by atoms with Gasteiger partial charge in [0.25, 0.3) is 5.91 Å². The van der Waals surface area contributed by atoms with Crippen molar-refractivity contribution in [3.63, 3.8) is 0 Å². The minimum atomic E-state index is -0.648. The maximum atomic E-state index is 13.0. The van der Waals surface area contributed by atoms with Crippen LogP contribution in [0.4, 0.5) is 11.4 Å². The van der Waals surface area contributed by atoms with Crippen LogP contribution in [-0.4, -0.2) is 54.8 Å². The van der Waals surface area contributed by atoms with E-state index in [-0.39, 0.29) is 24.1 Å². The highest BCUT2D eigenvalue weighted by atomic mass is 16.5. The lowest BCUT2D eigenvalue weighted by atomic mass is 10.1. The van der Waals surface area contributed by atoms with Crippen LogP contribution < -0.4 is 15.0 Å². The van der Waals surface area contributed by atoms with E-state index in [0.29, 0.717) is 23.5 Å². The first-order valence-corrected chi connectivity index (χ1v) is 10.7. The lowest BCUT2D eigenvalue weighted by Crippen LogP contribution is -2.52. The number of likely N-dealkylation sites (tertiary alicyclic amines) is 1.